The van der Waals surface area contributed by atoms with Crippen molar-refractivity contribution in [2.75, 3.05) is 38.2 Å². The third-order valence-corrected chi connectivity index (χ3v) is 4.20. The first-order valence-corrected chi connectivity index (χ1v) is 8.44. The second-order valence-electron chi connectivity index (χ2n) is 5.97. The molecule has 2 amide bonds. The standard InChI is InChI=1S/C18H19F2N3O4/c19-12-3-4-14(13(20)10-12)22-18(25)17(24)21-11-15(16-2-1-7-27-16)23-5-8-26-9-6-23/h1-4,7,10,15H,5-6,8-9,11H2,(H,21,24)(H,22,25). The molecule has 1 saturated heterocycles. The first kappa shape index (κ1) is 19.0. The number of rotatable bonds is 5. The van der Waals surface area contributed by atoms with Crippen LogP contribution in [0.25, 0.3) is 0 Å². The highest BCUT2D eigenvalue weighted by molar-refractivity contribution is 6.39. The molecule has 7 nitrogen and oxygen atoms in total. The van der Waals surface area contributed by atoms with Gasteiger partial charge in [0.25, 0.3) is 0 Å². The monoisotopic (exact) mass is 379 g/mol. The van der Waals surface area contributed by atoms with E-state index in [1.807, 2.05) is 0 Å². The number of ether oxygens (including phenoxy) is 1. The summed E-state index contributed by atoms with van der Waals surface area (Å²) in [4.78, 5) is 26.2. The second-order valence-corrected chi connectivity index (χ2v) is 5.97. The van der Waals surface area contributed by atoms with Crippen molar-refractivity contribution in [3.63, 3.8) is 0 Å². The third kappa shape index (κ3) is 4.89. The number of hydrogen-bond donors (Lipinski definition) is 2. The Kier molecular flexibility index (Phi) is 6.15. The molecule has 1 aromatic carbocycles. The van der Waals surface area contributed by atoms with E-state index < -0.39 is 23.4 Å². The number of carbonyl (C=O) groups is 2. The van der Waals surface area contributed by atoms with Gasteiger partial charge in [-0.15, -0.1) is 0 Å². The summed E-state index contributed by atoms with van der Waals surface area (Å²) >= 11 is 0. The molecule has 1 aliphatic rings. The van der Waals surface area contributed by atoms with Gasteiger partial charge in [-0.1, -0.05) is 0 Å². The number of amides is 2. The summed E-state index contributed by atoms with van der Waals surface area (Å²) in [6, 6.07) is 5.94. The van der Waals surface area contributed by atoms with Gasteiger partial charge in [0.05, 0.1) is 31.2 Å². The minimum absolute atomic E-state index is 0.131. The van der Waals surface area contributed by atoms with Crippen molar-refractivity contribution >= 4 is 17.5 Å². The molecular weight excluding hydrogens is 360 g/mol. The molecule has 1 aromatic heterocycles. The van der Waals surface area contributed by atoms with Gasteiger partial charge in [-0.2, -0.15) is 0 Å². The summed E-state index contributed by atoms with van der Waals surface area (Å²) in [5.41, 5.74) is -0.271. The van der Waals surface area contributed by atoms with Crippen molar-refractivity contribution in [3.8, 4) is 0 Å². The highest BCUT2D eigenvalue weighted by Gasteiger charge is 2.26. The van der Waals surface area contributed by atoms with Gasteiger partial charge in [-0.05, 0) is 24.3 Å². The zero-order valence-corrected chi connectivity index (χ0v) is 14.4. The average Bonchev–Trinajstić information content (AvgIpc) is 3.19. The summed E-state index contributed by atoms with van der Waals surface area (Å²) in [5, 5.41) is 4.65. The van der Waals surface area contributed by atoms with E-state index in [2.05, 4.69) is 15.5 Å². The lowest BCUT2D eigenvalue weighted by Crippen LogP contribution is -2.45. The molecule has 2 aromatic rings. The Bertz CT molecular complexity index is 792. The molecule has 0 aliphatic carbocycles. The lowest BCUT2D eigenvalue weighted by molar-refractivity contribution is -0.136. The van der Waals surface area contributed by atoms with Crippen LogP contribution in [-0.4, -0.2) is 49.6 Å². The number of benzene rings is 1. The molecule has 0 bridgehead atoms. The lowest BCUT2D eigenvalue weighted by Gasteiger charge is -2.33. The lowest BCUT2D eigenvalue weighted by atomic mass is 10.1. The Labute approximate surface area is 154 Å². The number of furan rings is 1. The molecule has 1 atom stereocenters. The van der Waals surface area contributed by atoms with Crippen LogP contribution in [0.1, 0.15) is 11.8 Å². The number of halogens is 2. The molecule has 1 fully saturated rings. The van der Waals surface area contributed by atoms with Crippen molar-refractivity contribution in [2.45, 2.75) is 6.04 Å². The van der Waals surface area contributed by atoms with Crippen LogP contribution in [0, 0.1) is 11.6 Å². The number of hydrogen-bond acceptors (Lipinski definition) is 5. The van der Waals surface area contributed by atoms with Crippen molar-refractivity contribution in [2.24, 2.45) is 0 Å². The minimum Gasteiger partial charge on any atom is -0.468 e. The number of carbonyl (C=O) groups excluding carboxylic acids is 2. The number of morpholine rings is 1. The van der Waals surface area contributed by atoms with Gasteiger partial charge >= 0.3 is 11.8 Å². The largest absolute Gasteiger partial charge is 0.468 e. The molecule has 144 valence electrons. The van der Waals surface area contributed by atoms with E-state index in [4.69, 9.17) is 9.15 Å². The van der Waals surface area contributed by atoms with Crippen LogP contribution in [-0.2, 0) is 14.3 Å². The fourth-order valence-corrected chi connectivity index (χ4v) is 2.82. The van der Waals surface area contributed by atoms with Gasteiger partial charge in [-0.25, -0.2) is 8.78 Å². The van der Waals surface area contributed by atoms with Crippen LogP contribution < -0.4 is 10.6 Å². The fourth-order valence-electron chi connectivity index (χ4n) is 2.82. The Morgan fingerprint density at radius 3 is 2.59 bits per heavy atom. The first-order chi connectivity index (χ1) is 13.0. The molecule has 0 saturated carbocycles. The van der Waals surface area contributed by atoms with E-state index in [1.165, 1.54) is 6.26 Å². The highest BCUT2D eigenvalue weighted by Crippen LogP contribution is 2.21. The maximum atomic E-state index is 13.6. The van der Waals surface area contributed by atoms with Gasteiger partial charge in [0.2, 0.25) is 0 Å². The maximum absolute atomic E-state index is 13.6. The van der Waals surface area contributed by atoms with Crippen molar-refractivity contribution in [3.05, 3.63) is 54.0 Å². The van der Waals surface area contributed by atoms with Gasteiger partial charge < -0.3 is 19.8 Å². The topological polar surface area (TPSA) is 83.8 Å². The van der Waals surface area contributed by atoms with E-state index in [-0.39, 0.29) is 18.3 Å². The Morgan fingerprint density at radius 1 is 1.15 bits per heavy atom. The predicted molar refractivity (Wildman–Crippen MR) is 91.8 cm³/mol. The van der Waals surface area contributed by atoms with Crippen LogP contribution in [0.5, 0.6) is 0 Å². The number of nitrogens with zero attached hydrogens (tertiary/aromatic N) is 1. The Morgan fingerprint density at radius 2 is 1.93 bits per heavy atom. The molecule has 2 heterocycles. The van der Waals surface area contributed by atoms with E-state index in [9.17, 15) is 18.4 Å². The average molecular weight is 379 g/mol. The molecule has 9 heteroatoms. The van der Waals surface area contributed by atoms with Gasteiger partial charge in [0.15, 0.2) is 0 Å². The summed E-state index contributed by atoms with van der Waals surface area (Å²) in [7, 11) is 0. The molecular formula is C18H19F2N3O4. The SMILES string of the molecule is O=C(NCC(c1ccco1)N1CCOCC1)C(=O)Nc1ccc(F)cc1F. The molecule has 1 aliphatic heterocycles. The fraction of sp³-hybridized carbons (Fsp3) is 0.333. The van der Waals surface area contributed by atoms with E-state index in [0.29, 0.717) is 38.1 Å². The van der Waals surface area contributed by atoms with Crippen molar-refractivity contribution < 1.29 is 27.5 Å². The molecule has 2 N–H and O–H groups in total. The van der Waals surface area contributed by atoms with Gasteiger partial charge in [-0.3, -0.25) is 14.5 Å². The maximum Gasteiger partial charge on any atom is 0.313 e. The zero-order chi connectivity index (χ0) is 19.2. The normalized spacial score (nSPS) is 15.9. The summed E-state index contributed by atoms with van der Waals surface area (Å²) < 4.78 is 37.3. The Hall–Kier alpha value is -2.78. The molecule has 0 radical (unpaired) electrons. The zero-order valence-electron chi connectivity index (χ0n) is 14.4. The van der Waals surface area contributed by atoms with Crippen molar-refractivity contribution in [1.29, 1.82) is 0 Å². The second kappa shape index (κ2) is 8.74. The third-order valence-electron chi connectivity index (χ3n) is 4.20. The molecule has 3 rings (SSSR count). The van der Waals surface area contributed by atoms with Gasteiger partial charge in [0, 0.05) is 25.7 Å². The van der Waals surface area contributed by atoms with Crippen molar-refractivity contribution in [1.82, 2.24) is 10.2 Å². The summed E-state index contributed by atoms with van der Waals surface area (Å²) in [5.74, 6) is -3.05. The molecule has 1 unspecified atom stereocenters. The molecule has 0 spiro atoms. The van der Waals surface area contributed by atoms with Crippen LogP contribution in [0.3, 0.4) is 0 Å². The predicted octanol–water partition coefficient (Wildman–Crippen LogP) is 1.69. The Balaban J connectivity index is 1.60. The van der Waals surface area contributed by atoms with E-state index in [0.717, 1.165) is 12.1 Å². The van der Waals surface area contributed by atoms with Crippen LogP contribution in [0.15, 0.2) is 41.0 Å². The molecule has 27 heavy (non-hydrogen) atoms. The van der Waals surface area contributed by atoms with Crippen LogP contribution in [0.2, 0.25) is 0 Å². The highest BCUT2D eigenvalue weighted by atomic mass is 19.1. The quantitative estimate of drug-likeness (QED) is 0.773. The van der Waals surface area contributed by atoms with E-state index >= 15 is 0 Å². The smallest absolute Gasteiger partial charge is 0.313 e. The summed E-state index contributed by atoms with van der Waals surface area (Å²) in [6.07, 6.45) is 1.54. The van der Waals surface area contributed by atoms with Crippen LogP contribution >= 0.6 is 0 Å². The minimum atomic E-state index is -1.04. The number of anilines is 1. The summed E-state index contributed by atoms with van der Waals surface area (Å²) in [6.45, 7) is 2.58. The van der Waals surface area contributed by atoms with Gasteiger partial charge in [0.1, 0.15) is 17.4 Å². The first-order valence-electron chi connectivity index (χ1n) is 8.44. The number of nitrogens with one attached hydrogen (secondary N) is 2. The van der Waals surface area contributed by atoms with E-state index in [1.54, 1.807) is 12.1 Å². The van der Waals surface area contributed by atoms with Crippen LogP contribution in [0.4, 0.5) is 14.5 Å².